The minimum atomic E-state index is -0.927. The molecule has 1 aliphatic carbocycles. The summed E-state index contributed by atoms with van der Waals surface area (Å²) in [5, 5.41) is 0. The van der Waals surface area contributed by atoms with E-state index in [1.165, 1.54) is 66.0 Å². The monoisotopic (exact) mass is 1070 g/mol. The molecule has 80 heavy (non-hydrogen) atoms. The van der Waals surface area contributed by atoms with Gasteiger partial charge in [-0.25, -0.2) is 13.2 Å². The third-order valence-corrected chi connectivity index (χ3v) is 15.6. The van der Waals surface area contributed by atoms with Crippen molar-refractivity contribution in [1.29, 1.82) is 0 Å². The Morgan fingerprint density at radius 1 is 0.362 bits per heavy atom. The molecule has 412 valence electrons. The van der Waals surface area contributed by atoms with E-state index in [1.54, 1.807) is 18.2 Å². The van der Waals surface area contributed by atoms with E-state index in [1.807, 2.05) is 79.7 Å². The molecule has 1 nitrogen and oxygen atoms in total. The highest BCUT2D eigenvalue weighted by Crippen LogP contribution is 2.41. The van der Waals surface area contributed by atoms with Crippen LogP contribution in [0.25, 0.3) is 66.8 Å². The van der Waals surface area contributed by atoms with Crippen LogP contribution in [0.4, 0.5) is 17.6 Å². The lowest BCUT2D eigenvalue weighted by atomic mass is 9.93. The van der Waals surface area contributed by atoms with Gasteiger partial charge in [-0.1, -0.05) is 237 Å². The van der Waals surface area contributed by atoms with Crippen LogP contribution < -0.4 is 4.74 Å². The van der Waals surface area contributed by atoms with Crippen LogP contribution in [0.3, 0.4) is 0 Å². The van der Waals surface area contributed by atoms with E-state index in [-0.39, 0.29) is 22.9 Å². The topological polar surface area (TPSA) is 9.23 Å². The number of benzene rings is 9. The Bertz CT molecular complexity index is 3200. The van der Waals surface area contributed by atoms with Crippen molar-refractivity contribution in [2.75, 3.05) is 6.61 Å². The Kier molecular flexibility index (Phi) is 21.3. The van der Waals surface area contributed by atoms with Crippen LogP contribution in [0.15, 0.2) is 194 Å². The Balaban J connectivity index is 0.000000160. The smallest absolute Gasteiger partial charge is 0.201 e. The summed E-state index contributed by atoms with van der Waals surface area (Å²) in [6.07, 6.45) is 13.8. The maximum Gasteiger partial charge on any atom is 0.201 e. The van der Waals surface area contributed by atoms with Crippen molar-refractivity contribution in [2.24, 2.45) is 5.92 Å². The molecule has 2 atom stereocenters. The molecule has 0 spiro atoms. The minimum Gasteiger partial charge on any atom is -0.490 e. The molecule has 1 aliphatic rings. The number of aryl methyl sites for hydroxylation is 4. The van der Waals surface area contributed by atoms with E-state index < -0.39 is 11.6 Å². The molecular formula is C75H78F4O. The van der Waals surface area contributed by atoms with Gasteiger partial charge < -0.3 is 4.74 Å². The van der Waals surface area contributed by atoms with Crippen molar-refractivity contribution in [1.82, 2.24) is 0 Å². The predicted molar refractivity (Wildman–Crippen MR) is 329 cm³/mol. The molecule has 1 fully saturated rings. The maximum absolute atomic E-state index is 14.6. The summed E-state index contributed by atoms with van der Waals surface area (Å²) in [6, 6.07) is 63.7. The van der Waals surface area contributed by atoms with E-state index in [9.17, 15) is 17.6 Å². The molecule has 0 aromatic heterocycles. The van der Waals surface area contributed by atoms with Crippen LogP contribution in [0.5, 0.6) is 5.75 Å². The SMILES string of the molecule is CCCOc1ccc(-c2ccc(-c3ccc(C4CCC(CCC)C4)cc3)cc2)c(F)c1F.CCCc1ccc(-c2ccc(-c3ccc(CC)cc3)c(F)c2)cc1.CCCc1ccc(-c2ccc(-c3ccc(CC)cc3)c(F)c2)cc1. The molecule has 0 N–H and O–H groups in total. The zero-order valence-corrected chi connectivity index (χ0v) is 47.7. The predicted octanol–water partition coefficient (Wildman–Crippen LogP) is 22.1. The molecular weight excluding hydrogens is 993 g/mol. The first kappa shape index (κ1) is 58.6. The highest BCUT2D eigenvalue weighted by molar-refractivity contribution is 5.74. The number of ether oxygens (including phenoxy) is 1. The fourth-order valence-corrected chi connectivity index (χ4v) is 10.9. The summed E-state index contributed by atoms with van der Waals surface area (Å²) < 4.78 is 63.5. The van der Waals surface area contributed by atoms with Crippen molar-refractivity contribution in [3.63, 3.8) is 0 Å². The van der Waals surface area contributed by atoms with Gasteiger partial charge in [-0.05, 0) is 165 Å². The number of hydrogen-bond donors (Lipinski definition) is 0. The molecule has 2 unspecified atom stereocenters. The average Bonchev–Trinajstić information content (AvgIpc) is 3.97. The normalized spacial score (nSPS) is 13.7. The van der Waals surface area contributed by atoms with E-state index in [4.69, 9.17) is 4.74 Å². The summed E-state index contributed by atoms with van der Waals surface area (Å²) in [6.45, 7) is 13.2. The van der Waals surface area contributed by atoms with E-state index in [0.29, 0.717) is 29.2 Å². The van der Waals surface area contributed by atoms with Gasteiger partial charge in [0, 0.05) is 16.7 Å². The molecule has 0 amide bonds. The molecule has 0 saturated heterocycles. The van der Waals surface area contributed by atoms with Gasteiger partial charge in [-0.3, -0.25) is 0 Å². The van der Waals surface area contributed by atoms with Gasteiger partial charge in [0.25, 0.3) is 0 Å². The zero-order valence-electron chi connectivity index (χ0n) is 47.7. The van der Waals surface area contributed by atoms with Crippen molar-refractivity contribution in [3.05, 3.63) is 245 Å². The largest absolute Gasteiger partial charge is 0.490 e. The van der Waals surface area contributed by atoms with Crippen LogP contribution in [0, 0.1) is 29.2 Å². The third-order valence-electron chi connectivity index (χ3n) is 15.6. The van der Waals surface area contributed by atoms with Crippen LogP contribution >= 0.6 is 0 Å². The molecule has 0 aliphatic heterocycles. The number of rotatable bonds is 18. The average molecular weight is 1070 g/mol. The standard InChI is InChI=1S/C29H32F2O.2C23H23F/c1-3-5-20-6-7-25(19-20)23-10-8-21(9-11-23)22-12-14-24(15-13-22)26-16-17-27(32-18-4-2)29(31)28(26)30;2*1-3-5-18-8-10-19(11-9-18)21-14-15-22(23(24)16-21)20-12-6-17(4-2)7-13-20/h8-17,20,25H,3-7,18-19H2,1-2H3;2*6-16H,3-5H2,1-2H3. The molecule has 5 heteroatoms. The molecule has 9 aromatic carbocycles. The van der Waals surface area contributed by atoms with Crippen LogP contribution in [-0.4, -0.2) is 6.61 Å². The Hall–Kier alpha value is -7.50. The van der Waals surface area contributed by atoms with E-state index in [0.717, 1.165) is 95.4 Å². The Morgan fingerprint density at radius 3 is 1.19 bits per heavy atom. The third kappa shape index (κ3) is 15.2. The minimum absolute atomic E-state index is 0.0342. The van der Waals surface area contributed by atoms with Gasteiger partial charge in [0.15, 0.2) is 11.6 Å². The van der Waals surface area contributed by atoms with E-state index >= 15 is 0 Å². The summed E-state index contributed by atoms with van der Waals surface area (Å²) in [5.74, 6) is -0.603. The zero-order chi connectivity index (χ0) is 56.4. The number of hydrogen-bond acceptors (Lipinski definition) is 1. The summed E-state index contributed by atoms with van der Waals surface area (Å²) in [5.41, 5.74) is 16.8. The van der Waals surface area contributed by atoms with Gasteiger partial charge in [0.05, 0.1) is 6.61 Å². The molecule has 0 heterocycles. The lowest BCUT2D eigenvalue weighted by molar-refractivity contribution is 0.295. The maximum atomic E-state index is 14.6. The lowest BCUT2D eigenvalue weighted by Crippen LogP contribution is -2.00. The lowest BCUT2D eigenvalue weighted by Gasteiger charge is -2.13. The second kappa shape index (κ2) is 29.1. The van der Waals surface area contributed by atoms with Crippen molar-refractivity contribution >= 4 is 0 Å². The van der Waals surface area contributed by atoms with Crippen LogP contribution in [0.1, 0.15) is 127 Å². The quantitative estimate of drug-likeness (QED) is 0.0778. The van der Waals surface area contributed by atoms with Gasteiger partial charge in [-0.15, -0.1) is 0 Å². The van der Waals surface area contributed by atoms with Gasteiger partial charge >= 0.3 is 0 Å². The van der Waals surface area contributed by atoms with Gasteiger partial charge in [0.2, 0.25) is 5.82 Å². The van der Waals surface area contributed by atoms with Gasteiger partial charge in [0.1, 0.15) is 11.6 Å². The molecule has 10 rings (SSSR count). The van der Waals surface area contributed by atoms with Crippen molar-refractivity contribution in [2.45, 2.75) is 125 Å². The second-order valence-electron chi connectivity index (χ2n) is 21.3. The highest BCUT2D eigenvalue weighted by Gasteiger charge is 2.25. The Labute approximate surface area is 474 Å². The van der Waals surface area contributed by atoms with Crippen molar-refractivity contribution < 1.29 is 22.3 Å². The van der Waals surface area contributed by atoms with E-state index in [2.05, 4.69) is 132 Å². The first-order valence-corrected chi connectivity index (χ1v) is 29.3. The Morgan fingerprint density at radius 2 is 0.750 bits per heavy atom. The summed E-state index contributed by atoms with van der Waals surface area (Å²) in [7, 11) is 0. The second-order valence-corrected chi connectivity index (χ2v) is 21.3. The summed E-state index contributed by atoms with van der Waals surface area (Å²) in [4.78, 5) is 0. The van der Waals surface area contributed by atoms with Gasteiger partial charge in [-0.2, -0.15) is 4.39 Å². The molecule has 1 saturated carbocycles. The fraction of sp³-hybridized carbons (Fsp3) is 0.280. The summed E-state index contributed by atoms with van der Waals surface area (Å²) >= 11 is 0. The molecule has 9 aromatic rings. The highest BCUT2D eigenvalue weighted by atomic mass is 19.2. The fourth-order valence-electron chi connectivity index (χ4n) is 10.9. The van der Waals surface area contributed by atoms with Crippen molar-refractivity contribution in [3.8, 4) is 72.5 Å². The first-order chi connectivity index (χ1) is 39.0. The van der Waals surface area contributed by atoms with Crippen LogP contribution in [0.2, 0.25) is 0 Å². The molecule has 0 radical (unpaired) electrons. The molecule has 0 bridgehead atoms. The first-order valence-electron chi connectivity index (χ1n) is 29.3. The number of halogens is 4. The van der Waals surface area contributed by atoms with Crippen LogP contribution in [-0.2, 0) is 25.7 Å².